The van der Waals surface area contributed by atoms with Crippen molar-refractivity contribution in [2.75, 3.05) is 13.9 Å². The Morgan fingerprint density at radius 3 is 2.41 bits per heavy atom. The Kier molecular flexibility index (Phi) is 9.74. The maximum atomic E-state index is 13.0. The van der Waals surface area contributed by atoms with Crippen molar-refractivity contribution in [1.29, 1.82) is 0 Å². The van der Waals surface area contributed by atoms with Crippen LogP contribution in [0.2, 0.25) is 0 Å². The summed E-state index contributed by atoms with van der Waals surface area (Å²) in [5.74, 6) is -1.92. The standard InChI is InChI=1S/C33H39BF3NO8/c1-31(2)22-17-24(31)32(3)25(18-22)45-34(46-32)26(38-27(39)14-9-15-33(35,36)37)16-21-12-8-13-23(28(21)42-4)30(41)44-19-43-29(40)20-10-6-5-7-11-20/h5-8,10-13,22,24-26H,9,14-19H2,1-4H3,(H,38,39). The van der Waals surface area contributed by atoms with Gasteiger partial charge in [0.05, 0.1) is 30.3 Å². The summed E-state index contributed by atoms with van der Waals surface area (Å²) in [5.41, 5.74) is 0.357. The van der Waals surface area contributed by atoms with E-state index in [0.717, 1.165) is 12.8 Å². The fourth-order valence-electron chi connectivity index (χ4n) is 7.27. The molecule has 4 aliphatic rings. The molecule has 1 heterocycles. The molecule has 46 heavy (non-hydrogen) atoms. The van der Waals surface area contributed by atoms with Crippen LogP contribution in [-0.2, 0) is 30.0 Å². The number of carbonyl (C=O) groups is 3. The van der Waals surface area contributed by atoms with E-state index in [4.69, 9.17) is 23.5 Å². The zero-order chi connectivity index (χ0) is 33.3. The van der Waals surface area contributed by atoms with Crippen molar-refractivity contribution in [2.24, 2.45) is 17.3 Å². The van der Waals surface area contributed by atoms with Crippen LogP contribution in [0.25, 0.3) is 0 Å². The van der Waals surface area contributed by atoms with Gasteiger partial charge in [-0.05, 0) is 73.6 Å². The Morgan fingerprint density at radius 2 is 1.74 bits per heavy atom. The summed E-state index contributed by atoms with van der Waals surface area (Å²) in [6, 6.07) is 13.0. The van der Waals surface area contributed by atoms with Crippen molar-refractivity contribution in [2.45, 2.75) is 83.1 Å². The third-order valence-corrected chi connectivity index (χ3v) is 9.86. The number of amides is 1. The van der Waals surface area contributed by atoms with Gasteiger partial charge < -0.3 is 28.8 Å². The molecule has 13 heteroatoms. The molecule has 0 spiro atoms. The topological polar surface area (TPSA) is 109 Å². The van der Waals surface area contributed by atoms with E-state index in [1.165, 1.54) is 13.2 Å². The van der Waals surface area contributed by atoms with Crippen LogP contribution >= 0.6 is 0 Å². The van der Waals surface area contributed by atoms with Crippen LogP contribution in [0.5, 0.6) is 5.75 Å². The van der Waals surface area contributed by atoms with Crippen molar-refractivity contribution in [3.8, 4) is 5.75 Å². The van der Waals surface area contributed by atoms with Crippen molar-refractivity contribution < 1.29 is 51.1 Å². The Bertz CT molecular complexity index is 1440. The third-order valence-electron chi connectivity index (χ3n) is 9.86. The number of esters is 2. The van der Waals surface area contributed by atoms with Crippen LogP contribution in [0.1, 0.15) is 79.2 Å². The molecule has 248 valence electrons. The summed E-state index contributed by atoms with van der Waals surface area (Å²) < 4.78 is 67.1. The Labute approximate surface area is 266 Å². The Hall–Kier alpha value is -3.58. The second-order valence-corrected chi connectivity index (χ2v) is 13.0. The molecule has 1 aliphatic heterocycles. The third kappa shape index (κ3) is 7.05. The van der Waals surface area contributed by atoms with Gasteiger partial charge in [-0.15, -0.1) is 0 Å². The summed E-state index contributed by atoms with van der Waals surface area (Å²) in [5, 5.41) is 2.85. The zero-order valence-corrected chi connectivity index (χ0v) is 26.4. The zero-order valence-electron chi connectivity index (χ0n) is 26.4. The van der Waals surface area contributed by atoms with E-state index >= 15 is 0 Å². The number of rotatable bonds is 12. The van der Waals surface area contributed by atoms with E-state index in [9.17, 15) is 27.6 Å². The fourth-order valence-corrected chi connectivity index (χ4v) is 7.27. The van der Waals surface area contributed by atoms with Gasteiger partial charge in [0.2, 0.25) is 12.7 Å². The number of nitrogens with one attached hydrogen (secondary N) is 1. The summed E-state index contributed by atoms with van der Waals surface area (Å²) >= 11 is 0. The quantitative estimate of drug-likeness (QED) is 0.178. The van der Waals surface area contributed by atoms with Gasteiger partial charge in [0.1, 0.15) is 11.3 Å². The second-order valence-electron chi connectivity index (χ2n) is 13.0. The SMILES string of the molecule is COc1c(CC(NC(=O)CCCC(F)(F)F)B2OC3CC4CC(C4(C)C)C3(C)O2)cccc1C(=O)OCOC(=O)c1ccccc1. The van der Waals surface area contributed by atoms with E-state index in [2.05, 4.69) is 19.2 Å². The van der Waals surface area contributed by atoms with Crippen molar-refractivity contribution >= 4 is 25.0 Å². The van der Waals surface area contributed by atoms with E-state index in [1.54, 1.807) is 42.5 Å². The molecule has 1 amide bonds. The largest absolute Gasteiger partial charge is 0.496 e. The summed E-state index contributed by atoms with van der Waals surface area (Å²) in [6.07, 6.45) is -4.40. The van der Waals surface area contributed by atoms with Crippen LogP contribution in [0.4, 0.5) is 13.2 Å². The highest BCUT2D eigenvalue weighted by atomic mass is 19.4. The molecule has 2 aromatic rings. The predicted octanol–water partition coefficient (Wildman–Crippen LogP) is 5.69. The number of hydrogen-bond donors (Lipinski definition) is 1. The van der Waals surface area contributed by atoms with Gasteiger partial charge in [0, 0.05) is 12.8 Å². The lowest BCUT2D eigenvalue weighted by atomic mass is 9.43. The van der Waals surface area contributed by atoms with Crippen molar-refractivity contribution in [1.82, 2.24) is 5.32 Å². The van der Waals surface area contributed by atoms with Gasteiger partial charge in [-0.3, -0.25) is 4.79 Å². The summed E-state index contributed by atoms with van der Waals surface area (Å²) in [4.78, 5) is 38.2. The molecule has 3 aliphatic carbocycles. The molecule has 2 bridgehead atoms. The minimum Gasteiger partial charge on any atom is -0.496 e. The Morgan fingerprint density at radius 1 is 1.02 bits per heavy atom. The van der Waals surface area contributed by atoms with E-state index in [1.807, 2.05) is 6.92 Å². The molecular weight excluding hydrogens is 606 g/mol. The lowest BCUT2D eigenvalue weighted by molar-refractivity contribution is -0.199. The highest BCUT2D eigenvalue weighted by Crippen LogP contribution is 2.65. The molecule has 5 atom stereocenters. The number of carbonyl (C=O) groups excluding carboxylic acids is 3. The number of benzene rings is 2. The molecule has 4 fully saturated rings. The maximum Gasteiger partial charge on any atom is 0.482 e. The number of methoxy groups -OCH3 is 1. The first kappa shape index (κ1) is 33.8. The summed E-state index contributed by atoms with van der Waals surface area (Å²) in [6.45, 7) is 5.85. The second kappa shape index (κ2) is 13.3. The smallest absolute Gasteiger partial charge is 0.482 e. The minimum absolute atomic E-state index is 0.0578. The number of hydrogen-bond acceptors (Lipinski definition) is 8. The number of halogens is 3. The average Bonchev–Trinajstić information content (AvgIpc) is 3.37. The van der Waals surface area contributed by atoms with Crippen LogP contribution in [0.3, 0.4) is 0 Å². The molecule has 1 N–H and O–H groups in total. The van der Waals surface area contributed by atoms with Crippen molar-refractivity contribution in [3.05, 3.63) is 65.2 Å². The van der Waals surface area contributed by atoms with Crippen molar-refractivity contribution in [3.63, 3.8) is 0 Å². The maximum absolute atomic E-state index is 13.0. The minimum atomic E-state index is -4.36. The van der Waals surface area contributed by atoms with E-state index in [0.29, 0.717) is 17.0 Å². The van der Waals surface area contributed by atoms with Gasteiger partial charge in [-0.2, -0.15) is 13.2 Å². The first-order valence-electron chi connectivity index (χ1n) is 15.5. The highest BCUT2D eigenvalue weighted by Gasteiger charge is 2.68. The molecule has 6 rings (SSSR count). The van der Waals surface area contributed by atoms with Gasteiger partial charge >= 0.3 is 25.2 Å². The molecule has 3 saturated carbocycles. The first-order chi connectivity index (χ1) is 21.7. The average molecular weight is 645 g/mol. The van der Waals surface area contributed by atoms with Gasteiger partial charge in [0.25, 0.3) is 0 Å². The van der Waals surface area contributed by atoms with Crippen LogP contribution < -0.4 is 10.1 Å². The monoisotopic (exact) mass is 645 g/mol. The number of ether oxygens (including phenoxy) is 3. The molecular formula is C33H39BF3NO8. The van der Waals surface area contributed by atoms with E-state index < -0.39 is 55.9 Å². The molecule has 0 radical (unpaired) electrons. The molecule has 9 nitrogen and oxygen atoms in total. The van der Waals surface area contributed by atoms with Gasteiger partial charge in [0.15, 0.2) is 0 Å². The highest BCUT2D eigenvalue weighted by molar-refractivity contribution is 6.48. The molecule has 0 aromatic heterocycles. The van der Waals surface area contributed by atoms with E-state index in [-0.39, 0.29) is 48.0 Å². The van der Waals surface area contributed by atoms with Crippen LogP contribution in [-0.4, -0.2) is 62.7 Å². The van der Waals surface area contributed by atoms with Crippen LogP contribution in [0, 0.1) is 17.3 Å². The predicted molar refractivity (Wildman–Crippen MR) is 161 cm³/mol. The normalized spacial score (nSPS) is 25.1. The Balaban J connectivity index is 1.31. The summed E-state index contributed by atoms with van der Waals surface area (Å²) in [7, 11) is 0.498. The molecule has 2 aromatic carbocycles. The lowest BCUT2D eigenvalue weighted by Crippen LogP contribution is -2.65. The number of para-hydroxylation sites is 1. The fraction of sp³-hybridized carbons (Fsp3) is 0.545. The molecule has 1 saturated heterocycles. The lowest BCUT2D eigenvalue weighted by Gasteiger charge is -2.64. The van der Waals surface area contributed by atoms with Gasteiger partial charge in [-0.1, -0.05) is 44.2 Å². The van der Waals surface area contributed by atoms with Gasteiger partial charge in [-0.25, -0.2) is 9.59 Å². The molecule has 5 unspecified atom stereocenters. The van der Waals surface area contributed by atoms with Crippen LogP contribution in [0.15, 0.2) is 48.5 Å². The number of alkyl halides is 3. The first-order valence-corrected chi connectivity index (χ1v) is 15.5.